The Bertz CT molecular complexity index is 609. The topological polar surface area (TPSA) is 38.4 Å². The molecule has 0 bridgehead atoms. The second-order valence-electron chi connectivity index (χ2n) is 6.13. The first-order valence-electron chi connectivity index (χ1n) is 6.85. The van der Waals surface area contributed by atoms with Crippen molar-refractivity contribution in [3.8, 4) is 0 Å². The molecule has 2 nitrogen and oxygen atoms in total. The summed E-state index contributed by atoms with van der Waals surface area (Å²) < 4.78 is 41.5. The molecule has 0 radical (unpaired) electrons. The highest BCUT2D eigenvalue weighted by atomic mass is 32.2. The van der Waals surface area contributed by atoms with Crippen LogP contribution in [0.3, 0.4) is 0 Å². The number of nitrogens with two attached hydrogens (primary N) is 1. The number of hydrogen-bond acceptors (Lipinski definition) is 3. The Morgan fingerprint density at radius 1 is 1.29 bits per heavy atom. The fourth-order valence-corrected chi connectivity index (χ4v) is 4.95. The molecule has 0 unspecified atom stereocenters. The lowest BCUT2D eigenvalue weighted by molar-refractivity contribution is -0.187. The van der Waals surface area contributed by atoms with E-state index in [0.29, 0.717) is 10.7 Å². The summed E-state index contributed by atoms with van der Waals surface area (Å²) in [4.78, 5) is 4.42. The zero-order chi connectivity index (χ0) is 15.5. The standard InChI is InChI=1S/C15H17F3N2S/c1-9-14(7-15(17,18)8-14)13(2,20-12(19)21-9)10-5-3-4-6-11(10)16/h3-6,9H,7-8H2,1-2H3,(H2,19,20)/t9-,13-/m1/s1. The summed E-state index contributed by atoms with van der Waals surface area (Å²) in [6.07, 6.45) is -0.564. The van der Waals surface area contributed by atoms with Gasteiger partial charge < -0.3 is 5.73 Å². The Hall–Kier alpha value is -1.17. The van der Waals surface area contributed by atoms with E-state index in [9.17, 15) is 13.2 Å². The predicted molar refractivity (Wildman–Crippen MR) is 79.0 cm³/mol. The molecule has 2 atom stereocenters. The predicted octanol–water partition coefficient (Wildman–Crippen LogP) is 3.91. The lowest BCUT2D eigenvalue weighted by atomic mass is 9.52. The molecule has 2 aliphatic rings. The van der Waals surface area contributed by atoms with Crippen LogP contribution < -0.4 is 5.73 Å². The highest BCUT2D eigenvalue weighted by Gasteiger charge is 2.69. The van der Waals surface area contributed by atoms with Crippen molar-refractivity contribution < 1.29 is 13.2 Å². The summed E-state index contributed by atoms with van der Waals surface area (Å²) in [5.74, 6) is -3.13. The van der Waals surface area contributed by atoms with Crippen molar-refractivity contribution in [2.75, 3.05) is 0 Å². The van der Waals surface area contributed by atoms with Gasteiger partial charge in [0.25, 0.3) is 0 Å². The smallest absolute Gasteiger partial charge is 0.249 e. The number of halogens is 3. The van der Waals surface area contributed by atoms with Gasteiger partial charge in [-0.3, -0.25) is 4.99 Å². The lowest BCUT2D eigenvalue weighted by Crippen LogP contribution is -2.63. The van der Waals surface area contributed by atoms with E-state index in [0.717, 1.165) is 0 Å². The van der Waals surface area contributed by atoms with Crippen LogP contribution in [-0.2, 0) is 5.54 Å². The van der Waals surface area contributed by atoms with Crippen molar-refractivity contribution in [2.45, 2.75) is 43.4 Å². The average molecular weight is 314 g/mol. The minimum absolute atomic E-state index is 0.140. The molecule has 114 valence electrons. The van der Waals surface area contributed by atoms with Crippen molar-refractivity contribution in [1.82, 2.24) is 0 Å². The Morgan fingerprint density at radius 3 is 2.48 bits per heavy atom. The van der Waals surface area contributed by atoms with Gasteiger partial charge in [0.2, 0.25) is 5.92 Å². The molecule has 0 amide bonds. The van der Waals surface area contributed by atoms with Crippen LogP contribution in [0.25, 0.3) is 0 Å². The lowest BCUT2D eigenvalue weighted by Gasteiger charge is -2.60. The third-order valence-corrected chi connectivity index (χ3v) is 6.06. The third-order valence-electron chi connectivity index (χ3n) is 4.93. The van der Waals surface area contributed by atoms with Crippen molar-refractivity contribution in [2.24, 2.45) is 16.1 Å². The third kappa shape index (κ3) is 1.99. The van der Waals surface area contributed by atoms with Crippen LogP contribution >= 0.6 is 11.8 Å². The maximum Gasteiger partial charge on any atom is 0.249 e. The molecule has 1 aliphatic heterocycles. The van der Waals surface area contributed by atoms with E-state index in [1.807, 2.05) is 6.92 Å². The van der Waals surface area contributed by atoms with Gasteiger partial charge in [-0.15, -0.1) is 0 Å². The second kappa shape index (κ2) is 4.41. The van der Waals surface area contributed by atoms with Crippen LogP contribution in [0.4, 0.5) is 13.2 Å². The van der Waals surface area contributed by atoms with Crippen molar-refractivity contribution >= 4 is 16.9 Å². The SMILES string of the molecule is C[C@H]1SC(N)=N[C@](C)(c2ccccc2F)C12CC(F)(F)C2. The van der Waals surface area contributed by atoms with E-state index in [-0.39, 0.29) is 18.1 Å². The molecule has 0 aromatic heterocycles. The summed E-state index contributed by atoms with van der Waals surface area (Å²) in [6, 6.07) is 6.24. The average Bonchev–Trinajstić information content (AvgIpc) is 2.33. The molecule has 1 heterocycles. The van der Waals surface area contributed by atoms with Gasteiger partial charge >= 0.3 is 0 Å². The monoisotopic (exact) mass is 314 g/mol. The number of aliphatic imine (C=N–C) groups is 1. The van der Waals surface area contributed by atoms with Gasteiger partial charge in [0, 0.05) is 29.1 Å². The van der Waals surface area contributed by atoms with E-state index in [1.54, 1.807) is 25.1 Å². The van der Waals surface area contributed by atoms with Crippen LogP contribution in [-0.4, -0.2) is 16.3 Å². The number of rotatable bonds is 1. The van der Waals surface area contributed by atoms with Crippen molar-refractivity contribution in [3.63, 3.8) is 0 Å². The first kappa shape index (κ1) is 14.8. The van der Waals surface area contributed by atoms with Crippen molar-refractivity contribution in [1.29, 1.82) is 0 Å². The fraction of sp³-hybridized carbons (Fsp3) is 0.533. The first-order chi connectivity index (χ1) is 9.70. The van der Waals surface area contributed by atoms with E-state index in [4.69, 9.17) is 5.73 Å². The van der Waals surface area contributed by atoms with Gasteiger partial charge in [-0.25, -0.2) is 13.2 Å². The summed E-state index contributed by atoms with van der Waals surface area (Å²) in [5.41, 5.74) is 4.37. The zero-order valence-electron chi connectivity index (χ0n) is 11.9. The van der Waals surface area contributed by atoms with E-state index >= 15 is 0 Å². The van der Waals surface area contributed by atoms with Crippen LogP contribution in [0.5, 0.6) is 0 Å². The molecule has 6 heteroatoms. The molecule has 21 heavy (non-hydrogen) atoms. The minimum atomic E-state index is -2.71. The van der Waals surface area contributed by atoms with Gasteiger partial charge in [-0.2, -0.15) is 0 Å². The summed E-state index contributed by atoms with van der Waals surface area (Å²) in [5, 5.41) is 0.188. The van der Waals surface area contributed by atoms with E-state index < -0.39 is 22.7 Å². The molecule has 3 rings (SSSR count). The maximum absolute atomic E-state index is 14.3. The molecule has 1 spiro atoms. The molecule has 1 saturated carbocycles. The van der Waals surface area contributed by atoms with Crippen LogP contribution in [0, 0.1) is 11.2 Å². The maximum atomic E-state index is 14.3. The van der Waals surface area contributed by atoms with E-state index in [2.05, 4.69) is 4.99 Å². The fourth-order valence-electron chi connectivity index (χ4n) is 3.74. The Kier molecular flexibility index (Phi) is 3.10. The first-order valence-corrected chi connectivity index (χ1v) is 7.73. The molecule has 1 aliphatic carbocycles. The van der Waals surface area contributed by atoms with Crippen LogP contribution in [0.2, 0.25) is 0 Å². The second-order valence-corrected chi connectivity index (χ2v) is 7.49. The number of benzene rings is 1. The number of thioether (sulfide) groups is 1. The molecule has 2 N–H and O–H groups in total. The quantitative estimate of drug-likeness (QED) is 0.853. The number of hydrogen-bond donors (Lipinski definition) is 1. The minimum Gasteiger partial charge on any atom is -0.379 e. The van der Waals surface area contributed by atoms with Gasteiger partial charge in [0.05, 0.1) is 5.54 Å². The molecular formula is C15H17F3N2S. The molecular weight excluding hydrogens is 297 g/mol. The van der Waals surface area contributed by atoms with Gasteiger partial charge in [-0.05, 0) is 13.0 Å². The number of alkyl halides is 2. The normalized spacial score (nSPS) is 33.4. The highest BCUT2D eigenvalue weighted by molar-refractivity contribution is 8.14. The van der Waals surface area contributed by atoms with Crippen LogP contribution in [0.15, 0.2) is 29.3 Å². The van der Waals surface area contributed by atoms with Crippen LogP contribution in [0.1, 0.15) is 32.3 Å². The zero-order valence-corrected chi connectivity index (χ0v) is 12.7. The largest absolute Gasteiger partial charge is 0.379 e. The molecule has 1 aromatic carbocycles. The van der Waals surface area contributed by atoms with Gasteiger partial charge in [0.1, 0.15) is 5.82 Å². The molecule has 0 saturated heterocycles. The highest BCUT2D eigenvalue weighted by Crippen LogP contribution is 2.67. The Labute approximate surface area is 126 Å². The summed E-state index contributed by atoms with van der Waals surface area (Å²) >= 11 is 1.30. The Morgan fingerprint density at radius 2 is 1.90 bits per heavy atom. The molecule has 1 aromatic rings. The number of amidine groups is 1. The Balaban J connectivity index is 2.17. The van der Waals surface area contributed by atoms with Gasteiger partial charge in [-0.1, -0.05) is 36.9 Å². The van der Waals surface area contributed by atoms with Crippen molar-refractivity contribution in [3.05, 3.63) is 35.6 Å². The van der Waals surface area contributed by atoms with Gasteiger partial charge in [0.15, 0.2) is 5.17 Å². The van der Waals surface area contributed by atoms with E-state index in [1.165, 1.54) is 17.8 Å². The number of nitrogens with zero attached hydrogens (tertiary/aromatic N) is 1. The summed E-state index contributed by atoms with van der Waals surface area (Å²) in [6.45, 7) is 3.60. The molecule has 1 fully saturated rings. The summed E-state index contributed by atoms with van der Waals surface area (Å²) in [7, 11) is 0.